The lowest BCUT2D eigenvalue weighted by Crippen LogP contribution is -1.85. The minimum absolute atomic E-state index is 0.723. The maximum Gasteiger partial charge on any atom is 0.174 e. The minimum Gasteiger partial charge on any atom is -0.285 e. The molecule has 0 spiro atoms. The first-order chi connectivity index (χ1) is 7.92. The third-order valence-corrected chi connectivity index (χ3v) is 4.74. The van der Waals surface area contributed by atoms with E-state index in [-0.39, 0.29) is 0 Å². The van der Waals surface area contributed by atoms with Gasteiger partial charge in [0.25, 0.3) is 0 Å². The maximum absolute atomic E-state index is 4.22. The second kappa shape index (κ2) is 4.55. The van der Waals surface area contributed by atoms with Gasteiger partial charge in [-0.15, -0.1) is 10.2 Å². The largest absolute Gasteiger partial charge is 0.285 e. The van der Waals surface area contributed by atoms with Crippen molar-refractivity contribution in [1.29, 1.82) is 0 Å². The van der Waals surface area contributed by atoms with E-state index in [0.29, 0.717) is 0 Å². The van der Waals surface area contributed by atoms with Gasteiger partial charge in [0.2, 0.25) is 0 Å². The molecule has 1 N–H and O–H groups in total. The first-order valence-electron chi connectivity index (χ1n) is 5.35. The molecule has 16 heavy (non-hydrogen) atoms. The van der Waals surface area contributed by atoms with Crippen LogP contribution in [0.3, 0.4) is 0 Å². The lowest BCUT2D eigenvalue weighted by molar-refractivity contribution is 0.937. The van der Waals surface area contributed by atoms with E-state index in [2.05, 4.69) is 20.4 Å². The van der Waals surface area contributed by atoms with Gasteiger partial charge in [0.1, 0.15) is 5.01 Å². The fraction of sp³-hybridized carbons (Fsp3) is 0.500. The summed E-state index contributed by atoms with van der Waals surface area (Å²) in [4.78, 5) is 0. The van der Waals surface area contributed by atoms with Crippen LogP contribution in [0.15, 0.2) is 16.7 Å². The van der Waals surface area contributed by atoms with Gasteiger partial charge in [-0.25, -0.2) is 0 Å². The van der Waals surface area contributed by atoms with E-state index in [1.54, 1.807) is 23.1 Å². The van der Waals surface area contributed by atoms with Crippen molar-refractivity contribution in [2.24, 2.45) is 0 Å². The van der Waals surface area contributed by atoms with Crippen LogP contribution < -0.4 is 0 Å². The Bertz CT molecular complexity index is 447. The Kier molecular flexibility index (Phi) is 2.92. The Morgan fingerprint density at radius 2 is 2.38 bits per heavy atom. The summed E-state index contributed by atoms with van der Waals surface area (Å²) < 4.78 is 1.10. The summed E-state index contributed by atoms with van der Waals surface area (Å²) in [6.45, 7) is 0. The summed E-state index contributed by atoms with van der Waals surface area (Å²) in [5, 5.41) is 16.4. The minimum atomic E-state index is 0.723. The zero-order valence-corrected chi connectivity index (χ0v) is 10.4. The van der Waals surface area contributed by atoms with E-state index < -0.39 is 0 Å². The van der Waals surface area contributed by atoms with Gasteiger partial charge in [-0.3, -0.25) is 5.10 Å². The molecule has 1 aliphatic carbocycles. The number of aromatic nitrogens is 4. The van der Waals surface area contributed by atoms with Gasteiger partial charge in [-0.1, -0.05) is 23.1 Å². The molecule has 6 heteroatoms. The number of hydrogen-bond donors (Lipinski definition) is 1. The third-order valence-electron chi connectivity index (χ3n) is 2.52. The fourth-order valence-corrected chi connectivity index (χ4v) is 3.54. The number of nitrogens with one attached hydrogen (secondary N) is 1. The van der Waals surface area contributed by atoms with E-state index in [0.717, 1.165) is 22.4 Å². The second-order valence-electron chi connectivity index (χ2n) is 3.89. The normalized spacial score (nSPS) is 15.5. The topological polar surface area (TPSA) is 54.5 Å². The molecule has 0 radical (unpaired) electrons. The van der Waals surface area contributed by atoms with Gasteiger partial charge in [0.15, 0.2) is 4.34 Å². The SMILES string of the molecule is c1n[nH]cc1CCSc1nnc(C2CC2)s1. The molecule has 0 amide bonds. The number of thioether (sulfide) groups is 1. The van der Waals surface area contributed by atoms with Gasteiger partial charge >= 0.3 is 0 Å². The monoisotopic (exact) mass is 252 g/mol. The highest BCUT2D eigenvalue weighted by Gasteiger charge is 2.27. The van der Waals surface area contributed by atoms with Crippen LogP contribution in [-0.4, -0.2) is 26.1 Å². The molecule has 4 nitrogen and oxygen atoms in total. The zero-order chi connectivity index (χ0) is 10.8. The molecule has 0 aliphatic heterocycles. The quantitative estimate of drug-likeness (QED) is 0.831. The smallest absolute Gasteiger partial charge is 0.174 e. The average molecular weight is 252 g/mol. The Hall–Kier alpha value is -0.880. The number of H-pyrrole nitrogens is 1. The van der Waals surface area contributed by atoms with E-state index >= 15 is 0 Å². The summed E-state index contributed by atoms with van der Waals surface area (Å²) in [7, 11) is 0. The van der Waals surface area contributed by atoms with Gasteiger partial charge in [0, 0.05) is 17.9 Å². The summed E-state index contributed by atoms with van der Waals surface area (Å²) in [5.74, 6) is 1.76. The van der Waals surface area contributed by atoms with E-state index in [4.69, 9.17) is 0 Å². The van der Waals surface area contributed by atoms with Crippen molar-refractivity contribution in [3.63, 3.8) is 0 Å². The average Bonchev–Trinajstić information content (AvgIpc) is 2.83. The molecule has 0 unspecified atom stereocenters. The second-order valence-corrected chi connectivity index (χ2v) is 6.24. The van der Waals surface area contributed by atoms with Crippen molar-refractivity contribution in [3.05, 3.63) is 23.0 Å². The molecule has 2 heterocycles. The van der Waals surface area contributed by atoms with Crippen molar-refractivity contribution in [2.45, 2.75) is 29.5 Å². The number of hydrogen-bond acceptors (Lipinski definition) is 5. The summed E-state index contributed by atoms with van der Waals surface area (Å²) in [6, 6.07) is 0. The highest BCUT2D eigenvalue weighted by Crippen LogP contribution is 2.42. The van der Waals surface area contributed by atoms with Gasteiger partial charge in [-0.2, -0.15) is 5.10 Å². The Labute approximate surface area is 102 Å². The summed E-state index contributed by atoms with van der Waals surface area (Å²) in [6.07, 6.45) is 7.44. The number of rotatable bonds is 5. The summed E-state index contributed by atoms with van der Waals surface area (Å²) >= 11 is 3.55. The van der Waals surface area contributed by atoms with Crippen LogP contribution in [-0.2, 0) is 6.42 Å². The molecule has 1 fully saturated rings. The highest BCUT2D eigenvalue weighted by atomic mass is 32.2. The standard InChI is InChI=1S/C10H12N4S2/c1-2-8(1)9-13-14-10(16-9)15-4-3-7-5-11-12-6-7/h5-6,8H,1-4H2,(H,11,12). The lowest BCUT2D eigenvalue weighted by Gasteiger charge is -1.93. The van der Waals surface area contributed by atoms with Gasteiger partial charge in [0.05, 0.1) is 6.20 Å². The van der Waals surface area contributed by atoms with Crippen LogP contribution in [0.1, 0.15) is 29.3 Å². The molecular formula is C10H12N4S2. The van der Waals surface area contributed by atoms with E-state index in [9.17, 15) is 0 Å². The first kappa shape index (κ1) is 10.3. The molecule has 0 bridgehead atoms. The first-order valence-corrected chi connectivity index (χ1v) is 7.16. The molecule has 2 aromatic heterocycles. The van der Waals surface area contributed by atoms with Crippen molar-refractivity contribution >= 4 is 23.1 Å². The van der Waals surface area contributed by atoms with Crippen molar-refractivity contribution in [2.75, 3.05) is 5.75 Å². The van der Waals surface area contributed by atoms with Crippen LogP contribution >= 0.6 is 23.1 Å². The highest BCUT2D eigenvalue weighted by molar-refractivity contribution is 8.01. The molecule has 3 rings (SSSR count). The molecular weight excluding hydrogens is 240 g/mol. The molecule has 84 valence electrons. The van der Waals surface area contributed by atoms with Crippen molar-refractivity contribution in [1.82, 2.24) is 20.4 Å². The Morgan fingerprint density at radius 1 is 1.44 bits per heavy atom. The maximum atomic E-state index is 4.22. The summed E-state index contributed by atoms with van der Waals surface area (Å²) in [5.41, 5.74) is 1.25. The van der Waals surface area contributed by atoms with Crippen molar-refractivity contribution < 1.29 is 0 Å². The van der Waals surface area contributed by atoms with Gasteiger partial charge in [-0.05, 0) is 24.8 Å². The van der Waals surface area contributed by atoms with Crippen molar-refractivity contribution in [3.8, 4) is 0 Å². The predicted molar refractivity (Wildman–Crippen MR) is 64.9 cm³/mol. The molecule has 0 aromatic carbocycles. The molecule has 0 atom stereocenters. The molecule has 2 aromatic rings. The molecule has 0 saturated heterocycles. The number of aromatic amines is 1. The Balaban J connectivity index is 1.50. The van der Waals surface area contributed by atoms with E-state index in [1.807, 2.05) is 12.4 Å². The van der Waals surface area contributed by atoms with Crippen LogP contribution in [0.25, 0.3) is 0 Å². The molecule has 1 saturated carbocycles. The van der Waals surface area contributed by atoms with Crippen LogP contribution in [0.5, 0.6) is 0 Å². The van der Waals surface area contributed by atoms with Crippen LogP contribution in [0, 0.1) is 0 Å². The van der Waals surface area contributed by atoms with Crippen LogP contribution in [0.4, 0.5) is 0 Å². The molecule has 1 aliphatic rings. The predicted octanol–water partition coefficient (Wildman–Crippen LogP) is 2.47. The van der Waals surface area contributed by atoms with Crippen LogP contribution in [0.2, 0.25) is 0 Å². The third kappa shape index (κ3) is 2.44. The lowest BCUT2D eigenvalue weighted by atomic mass is 10.3. The Morgan fingerprint density at radius 3 is 3.12 bits per heavy atom. The number of nitrogens with zero attached hydrogens (tertiary/aromatic N) is 3. The zero-order valence-electron chi connectivity index (χ0n) is 8.72. The fourth-order valence-electron chi connectivity index (χ4n) is 1.44. The number of aryl methyl sites for hydroxylation is 1. The van der Waals surface area contributed by atoms with E-state index in [1.165, 1.54) is 23.4 Å². The van der Waals surface area contributed by atoms with Gasteiger partial charge < -0.3 is 0 Å².